The van der Waals surface area contributed by atoms with E-state index in [9.17, 15) is 24.4 Å². The molecule has 15 heteroatoms. The molecule has 15 nitrogen and oxygen atoms in total. The number of ether oxygens (including phenoxy) is 2. The lowest BCUT2D eigenvalue weighted by Gasteiger charge is -2.29. The number of carbonyl (C=O) groups excluding carboxylic acids is 4. The molecule has 0 radical (unpaired) electrons. The quantitative estimate of drug-likeness (QED) is 0.0745. The predicted molar refractivity (Wildman–Crippen MR) is 229 cm³/mol. The number of amides is 4. The Balaban J connectivity index is 1.27. The number of H-pyrrole nitrogens is 2. The van der Waals surface area contributed by atoms with Gasteiger partial charge in [-0.25, -0.2) is 19.6 Å². The van der Waals surface area contributed by atoms with Gasteiger partial charge >= 0.3 is 12.2 Å². The van der Waals surface area contributed by atoms with Gasteiger partial charge in [0, 0.05) is 18.7 Å². The van der Waals surface area contributed by atoms with Crippen molar-refractivity contribution in [3.8, 4) is 39.7 Å². The minimum atomic E-state index is -0.831. The number of alkyl carbamates (subject to hydrolysis) is 2. The second-order valence-corrected chi connectivity index (χ2v) is 15.6. The fraction of sp³-hybridized carbons (Fsp3) is 0.400. The van der Waals surface area contributed by atoms with Crippen molar-refractivity contribution in [2.45, 2.75) is 73.1 Å². The van der Waals surface area contributed by atoms with Crippen LogP contribution in [0.15, 0.2) is 73.1 Å². The number of fused-ring (bicyclic) bond motifs is 1. The lowest BCUT2D eigenvalue weighted by molar-refractivity contribution is -0.136. The summed E-state index contributed by atoms with van der Waals surface area (Å²) in [5.41, 5.74) is 5.57. The Kier molecular flexibility index (Phi) is 15.0. The number of imidazole rings is 2. The number of nitriles is 1. The molecular formula is C45H55N9O6. The molecule has 0 unspecified atom stereocenters. The molecule has 0 aliphatic heterocycles. The lowest BCUT2D eigenvalue weighted by atomic mass is 9.98. The Morgan fingerprint density at radius 3 is 1.63 bits per heavy atom. The van der Waals surface area contributed by atoms with Crippen molar-refractivity contribution in [1.29, 1.82) is 5.26 Å². The van der Waals surface area contributed by atoms with Gasteiger partial charge < -0.3 is 39.9 Å². The molecule has 2 heterocycles. The van der Waals surface area contributed by atoms with Crippen LogP contribution in [0.1, 0.15) is 59.6 Å². The van der Waals surface area contributed by atoms with Gasteiger partial charge in [0.2, 0.25) is 11.8 Å². The second kappa shape index (κ2) is 20.3. The van der Waals surface area contributed by atoms with Crippen LogP contribution in [-0.2, 0) is 32.2 Å². The molecule has 0 bridgehead atoms. The van der Waals surface area contributed by atoms with Crippen LogP contribution in [0.3, 0.4) is 0 Å². The first-order chi connectivity index (χ1) is 28.7. The van der Waals surface area contributed by atoms with Gasteiger partial charge in [0.05, 0.1) is 63.1 Å². The number of nitrogens with zero attached hydrogens (tertiary/aromatic N) is 5. The zero-order valence-corrected chi connectivity index (χ0v) is 35.5. The summed E-state index contributed by atoms with van der Waals surface area (Å²) in [6, 6.07) is 21.3. The van der Waals surface area contributed by atoms with Crippen molar-refractivity contribution in [3.63, 3.8) is 0 Å². The minimum absolute atomic E-state index is 0.129. The molecule has 4 N–H and O–H groups in total. The Morgan fingerprint density at radius 2 is 1.13 bits per heavy atom. The van der Waals surface area contributed by atoms with Gasteiger partial charge in [-0.2, -0.15) is 5.26 Å². The molecular weight excluding hydrogens is 763 g/mol. The molecule has 5 rings (SSSR count). The molecule has 0 aliphatic rings. The molecule has 2 aromatic heterocycles. The SMILES string of the molecule is CCCN(Cc1ncc(-c2ccc3cc(-c4ccc(-c5cnc(CN(C[C@@H](C)C#N)C(=O)[C@@H](NC(=O)OC)C(C)C)[nH]5)cc4)ccc3c2)[nH]1)C(=O)[C@@H](NC(=O)OC)C(C)C. The normalized spacial score (nSPS) is 12.7. The van der Waals surface area contributed by atoms with Crippen LogP contribution in [-0.4, -0.2) is 93.1 Å². The zero-order valence-electron chi connectivity index (χ0n) is 35.5. The van der Waals surface area contributed by atoms with Crippen LogP contribution in [0.4, 0.5) is 9.59 Å². The van der Waals surface area contributed by atoms with Crippen molar-refractivity contribution < 1.29 is 28.7 Å². The first-order valence-corrected chi connectivity index (χ1v) is 20.1. The standard InChI is InChI=1S/C45H55N9O6/c1-9-18-53(42(55)40(27(2)3)51-44(57)59-7)25-38-48-23-37(50-38)35-17-16-33-19-32(14-15-34(33)20-35)30-10-12-31(13-11-30)36-22-47-39(49-36)26-54(24-29(6)21-46)43(56)41(28(4)5)52-45(58)60-8/h10-17,19-20,22-23,27-29,40-41H,9,18,24-26H2,1-8H3,(H,47,49)(H,48,50)(H,51,57)(H,52,58)/t29-,40-,41-/m0/s1. The van der Waals surface area contributed by atoms with Crippen LogP contribution in [0.25, 0.3) is 44.4 Å². The largest absolute Gasteiger partial charge is 0.453 e. The summed E-state index contributed by atoms with van der Waals surface area (Å²) in [5.74, 6) is -0.0968. The monoisotopic (exact) mass is 817 g/mol. The van der Waals surface area contributed by atoms with Gasteiger partial charge in [0.15, 0.2) is 0 Å². The van der Waals surface area contributed by atoms with Crippen molar-refractivity contribution in [2.75, 3.05) is 27.3 Å². The number of aromatic nitrogens is 4. The fourth-order valence-corrected chi connectivity index (χ4v) is 6.91. The first-order valence-electron chi connectivity index (χ1n) is 20.1. The van der Waals surface area contributed by atoms with E-state index in [4.69, 9.17) is 9.47 Å². The highest BCUT2D eigenvalue weighted by molar-refractivity contribution is 5.91. The highest BCUT2D eigenvalue weighted by Gasteiger charge is 2.31. The number of carbonyl (C=O) groups is 4. The van der Waals surface area contributed by atoms with E-state index in [0.717, 1.165) is 50.8 Å². The van der Waals surface area contributed by atoms with Crippen LogP contribution in [0.2, 0.25) is 0 Å². The molecule has 60 heavy (non-hydrogen) atoms. The Hall–Kier alpha value is -6.69. The highest BCUT2D eigenvalue weighted by atomic mass is 16.5. The van der Waals surface area contributed by atoms with Gasteiger partial charge in [-0.3, -0.25) is 9.59 Å². The van der Waals surface area contributed by atoms with Crippen molar-refractivity contribution >= 4 is 34.8 Å². The van der Waals surface area contributed by atoms with Crippen LogP contribution >= 0.6 is 0 Å². The minimum Gasteiger partial charge on any atom is -0.453 e. The van der Waals surface area contributed by atoms with Crippen LogP contribution < -0.4 is 10.6 Å². The van der Waals surface area contributed by atoms with Gasteiger partial charge in [-0.05, 0) is 64.8 Å². The molecule has 0 saturated heterocycles. The summed E-state index contributed by atoms with van der Waals surface area (Å²) in [6.45, 7) is 12.3. The fourth-order valence-electron chi connectivity index (χ4n) is 6.91. The highest BCUT2D eigenvalue weighted by Crippen LogP contribution is 2.30. The summed E-state index contributed by atoms with van der Waals surface area (Å²) in [7, 11) is 2.52. The number of nitrogens with one attached hydrogen (secondary N) is 4. The van der Waals surface area contributed by atoms with E-state index in [1.807, 2.05) is 52.8 Å². The molecule has 0 aliphatic carbocycles. The van der Waals surface area contributed by atoms with E-state index in [-0.39, 0.29) is 43.3 Å². The van der Waals surface area contributed by atoms with E-state index in [1.165, 1.54) is 14.2 Å². The number of aromatic amines is 2. The van der Waals surface area contributed by atoms with Crippen molar-refractivity contribution in [3.05, 3.63) is 84.7 Å². The molecule has 4 amide bonds. The molecule has 0 fully saturated rings. The summed E-state index contributed by atoms with van der Waals surface area (Å²) >= 11 is 0. The van der Waals surface area contributed by atoms with E-state index in [1.54, 1.807) is 29.1 Å². The third-order valence-electron chi connectivity index (χ3n) is 10.2. The Bertz CT molecular complexity index is 2310. The van der Waals surface area contributed by atoms with E-state index in [0.29, 0.717) is 18.2 Å². The maximum absolute atomic E-state index is 13.6. The molecule has 5 aromatic rings. The van der Waals surface area contributed by atoms with E-state index in [2.05, 4.69) is 79.1 Å². The number of hydrogen-bond acceptors (Lipinski definition) is 9. The molecule has 3 atom stereocenters. The lowest BCUT2D eigenvalue weighted by Crippen LogP contribution is -2.51. The van der Waals surface area contributed by atoms with Gasteiger partial charge in [0.1, 0.15) is 23.7 Å². The number of rotatable bonds is 17. The average Bonchev–Trinajstić information content (AvgIpc) is 3.93. The maximum Gasteiger partial charge on any atom is 0.407 e. The molecule has 3 aromatic carbocycles. The van der Waals surface area contributed by atoms with Gasteiger partial charge in [-0.1, -0.05) is 83.1 Å². The first kappa shape index (κ1) is 44.4. The number of methoxy groups -OCH3 is 2. The Labute approximate surface area is 350 Å². The average molecular weight is 818 g/mol. The van der Waals surface area contributed by atoms with Gasteiger partial charge in [-0.15, -0.1) is 0 Å². The number of hydrogen-bond donors (Lipinski definition) is 4. The molecule has 0 saturated carbocycles. The topological polar surface area (TPSA) is 198 Å². The van der Waals surface area contributed by atoms with E-state index >= 15 is 0 Å². The van der Waals surface area contributed by atoms with Crippen molar-refractivity contribution in [2.24, 2.45) is 17.8 Å². The third-order valence-corrected chi connectivity index (χ3v) is 10.2. The zero-order chi connectivity index (χ0) is 43.5. The summed E-state index contributed by atoms with van der Waals surface area (Å²) < 4.78 is 9.48. The Morgan fingerprint density at radius 1 is 0.683 bits per heavy atom. The summed E-state index contributed by atoms with van der Waals surface area (Å²) in [5, 5.41) is 16.9. The predicted octanol–water partition coefficient (Wildman–Crippen LogP) is 7.28. The van der Waals surface area contributed by atoms with Gasteiger partial charge in [0.25, 0.3) is 0 Å². The summed E-state index contributed by atoms with van der Waals surface area (Å²) in [4.78, 5) is 70.1. The smallest absolute Gasteiger partial charge is 0.407 e. The van der Waals surface area contributed by atoms with Crippen LogP contribution in [0, 0.1) is 29.1 Å². The maximum atomic E-state index is 13.6. The van der Waals surface area contributed by atoms with E-state index < -0.39 is 30.2 Å². The second-order valence-electron chi connectivity index (χ2n) is 15.6. The number of benzene rings is 3. The van der Waals surface area contributed by atoms with Crippen LogP contribution in [0.5, 0.6) is 0 Å². The molecule has 0 spiro atoms. The third kappa shape index (κ3) is 11.1. The molecule has 316 valence electrons. The van der Waals surface area contributed by atoms with Crippen molar-refractivity contribution in [1.82, 2.24) is 40.4 Å². The summed E-state index contributed by atoms with van der Waals surface area (Å²) in [6.07, 6.45) is 2.90.